The summed E-state index contributed by atoms with van der Waals surface area (Å²) in [6, 6.07) is 8.96. The smallest absolute Gasteiger partial charge is 0.257 e. The van der Waals surface area contributed by atoms with Crippen LogP contribution < -0.4 is 15.5 Å². The number of aliphatic hydroxyl groups is 1. The van der Waals surface area contributed by atoms with E-state index >= 15 is 0 Å². The Morgan fingerprint density at radius 1 is 1.05 bits per heavy atom. The minimum Gasteiger partial charge on any atom is -0.395 e. The number of pyridine rings is 2. The van der Waals surface area contributed by atoms with E-state index in [1.165, 1.54) is 6.20 Å². The SMILES string of the molecule is CC=CC(=CC)NC(=O)c1ccc(Nc2nc(-c3ccccn3)nc(N3CCN(CCO)CC3)n2)nc1. The highest BCUT2D eigenvalue weighted by molar-refractivity contribution is 5.95. The Balaban J connectivity index is 1.54. The lowest BCUT2D eigenvalue weighted by atomic mass is 10.2. The number of amides is 1. The molecule has 4 heterocycles. The van der Waals surface area contributed by atoms with Gasteiger partial charge in [0.25, 0.3) is 5.91 Å². The van der Waals surface area contributed by atoms with Crippen molar-refractivity contribution < 1.29 is 9.90 Å². The molecule has 3 aromatic heterocycles. The maximum absolute atomic E-state index is 12.5. The van der Waals surface area contributed by atoms with Crippen LogP contribution in [-0.2, 0) is 0 Å². The molecule has 11 heteroatoms. The molecule has 3 N–H and O–H groups in total. The van der Waals surface area contributed by atoms with E-state index in [4.69, 9.17) is 0 Å². The third-order valence-corrected chi connectivity index (χ3v) is 5.77. The van der Waals surface area contributed by atoms with Gasteiger partial charge in [0, 0.05) is 50.8 Å². The summed E-state index contributed by atoms with van der Waals surface area (Å²) in [5.74, 6) is 1.57. The van der Waals surface area contributed by atoms with Crippen molar-refractivity contribution in [3.8, 4) is 11.5 Å². The number of nitrogens with zero attached hydrogens (tertiary/aromatic N) is 7. The van der Waals surface area contributed by atoms with E-state index in [1.807, 2.05) is 50.3 Å². The number of nitrogens with one attached hydrogen (secondary N) is 2. The Morgan fingerprint density at radius 3 is 2.54 bits per heavy atom. The lowest BCUT2D eigenvalue weighted by molar-refractivity contribution is 0.0966. The molecule has 11 nitrogen and oxygen atoms in total. The van der Waals surface area contributed by atoms with Crippen LogP contribution in [0.4, 0.5) is 17.7 Å². The Labute approximate surface area is 216 Å². The van der Waals surface area contributed by atoms with Crippen molar-refractivity contribution in [2.45, 2.75) is 13.8 Å². The predicted molar refractivity (Wildman–Crippen MR) is 142 cm³/mol. The number of hydrogen-bond donors (Lipinski definition) is 3. The van der Waals surface area contributed by atoms with Gasteiger partial charge in [-0.05, 0) is 44.2 Å². The molecule has 0 spiro atoms. The van der Waals surface area contributed by atoms with E-state index in [0.29, 0.717) is 47.0 Å². The number of hydrogen-bond acceptors (Lipinski definition) is 10. The quantitative estimate of drug-likeness (QED) is 0.376. The molecule has 4 rings (SSSR count). The Kier molecular flexibility index (Phi) is 8.84. The van der Waals surface area contributed by atoms with Crippen LogP contribution in [-0.4, -0.2) is 80.2 Å². The van der Waals surface area contributed by atoms with Gasteiger partial charge in [-0.3, -0.25) is 14.7 Å². The van der Waals surface area contributed by atoms with Gasteiger partial charge in [0.15, 0.2) is 5.82 Å². The van der Waals surface area contributed by atoms with Crippen molar-refractivity contribution >= 4 is 23.6 Å². The first-order valence-corrected chi connectivity index (χ1v) is 12.2. The summed E-state index contributed by atoms with van der Waals surface area (Å²) in [6.45, 7) is 7.62. The normalized spacial score (nSPS) is 14.7. The molecule has 1 aliphatic rings. The van der Waals surface area contributed by atoms with Crippen LogP contribution in [0.3, 0.4) is 0 Å². The highest BCUT2D eigenvalue weighted by atomic mass is 16.3. The molecule has 3 aromatic rings. The van der Waals surface area contributed by atoms with Crippen LogP contribution in [0.15, 0.2) is 66.7 Å². The molecule has 0 aliphatic carbocycles. The molecule has 1 amide bonds. The molecular weight excluding hydrogens is 470 g/mol. The summed E-state index contributed by atoms with van der Waals surface area (Å²) in [7, 11) is 0. The first-order valence-electron chi connectivity index (χ1n) is 12.2. The first-order chi connectivity index (χ1) is 18.1. The molecule has 0 atom stereocenters. The molecule has 1 saturated heterocycles. The number of allylic oxidation sites excluding steroid dienone is 3. The molecule has 0 bridgehead atoms. The summed E-state index contributed by atoms with van der Waals surface area (Å²) in [5, 5.41) is 15.2. The number of β-amino-alcohol motifs (C(OH)–C–C–N with tert-alkyl or cyclic N) is 1. The maximum atomic E-state index is 12.5. The molecule has 0 saturated carbocycles. The summed E-state index contributed by atoms with van der Waals surface area (Å²) >= 11 is 0. The summed E-state index contributed by atoms with van der Waals surface area (Å²) in [6.07, 6.45) is 8.71. The van der Waals surface area contributed by atoms with Gasteiger partial charge in [0.05, 0.1) is 12.2 Å². The van der Waals surface area contributed by atoms with Gasteiger partial charge in [-0.25, -0.2) is 4.98 Å². The lowest BCUT2D eigenvalue weighted by Crippen LogP contribution is -2.47. The minimum absolute atomic E-state index is 0.142. The largest absolute Gasteiger partial charge is 0.395 e. The number of anilines is 3. The van der Waals surface area contributed by atoms with E-state index in [9.17, 15) is 9.90 Å². The Morgan fingerprint density at radius 2 is 1.89 bits per heavy atom. The van der Waals surface area contributed by atoms with Gasteiger partial charge in [-0.15, -0.1) is 0 Å². The molecule has 1 fully saturated rings. The second kappa shape index (κ2) is 12.7. The topological polar surface area (TPSA) is 132 Å². The van der Waals surface area contributed by atoms with Gasteiger partial charge in [-0.2, -0.15) is 15.0 Å². The molecular formula is C26H31N9O2. The lowest BCUT2D eigenvalue weighted by Gasteiger charge is -2.34. The Hall–Kier alpha value is -4.22. The summed E-state index contributed by atoms with van der Waals surface area (Å²) in [5.41, 5.74) is 1.78. The van der Waals surface area contributed by atoms with Crippen molar-refractivity contribution in [1.29, 1.82) is 0 Å². The van der Waals surface area contributed by atoms with E-state index < -0.39 is 0 Å². The summed E-state index contributed by atoms with van der Waals surface area (Å²) < 4.78 is 0. The first kappa shape index (κ1) is 25.9. The molecule has 192 valence electrons. The maximum Gasteiger partial charge on any atom is 0.257 e. The van der Waals surface area contributed by atoms with Gasteiger partial charge in [-0.1, -0.05) is 18.2 Å². The van der Waals surface area contributed by atoms with Gasteiger partial charge in [0.2, 0.25) is 11.9 Å². The Bertz CT molecular complexity index is 1240. The monoisotopic (exact) mass is 501 g/mol. The fourth-order valence-corrected chi connectivity index (χ4v) is 3.79. The zero-order valence-corrected chi connectivity index (χ0v) is 21.0. The molecule has 0 unspecified atom stereocenters. The van der Waals surface area contributed by atoms with Crippen molar-refractivity contribution in [3.05, 3.63) is 72.2 Å². The van der Waals surface area contributed by atoms with Crippen molar-refractivity contribution in [1.82, 2.24) is 35.1 Å². The number of piperazine rings is 1. The van der Waals surface area contributed by atoms with Crippen molar-refractivity contribution in [2.75, 3.05) is 49.5 Å². The van der Waals surface area contributed by atoms with Gasteiger partial charge < -0.3 is 20.6 Å². The van der Waals surface area contributed by atoms with Crippen molar-refractivity contribution in [2.24, 2.45) is 0 Å². The fourth-order valence-electron chi connectivity index (χ4n) is 3.79. The van der Waals surface area contributed by atoms with Crippen LogP contribution in [0, 0.1) is 0 Å². The van der Waals surface area contributed by atoms with Crippen LogP contribution in [0.2, 0.25) is 0 Å². The van der Waals surface area contributed by atoms with Crippen molar-refractivity contribution in [3.63, 3.8) is 0 Å². The highest BCUT2D eigenvalue weighted by Crippen LogP contribution is 2.21. The fraction of sp³-hybridized carbons (Fsp3) is 0.308. The van der Waals surface area contributed by atoms with E-state index in [0.717, 1.165) is 26.2 Å². The average molecular weight is 502 g/mol. The molecule has 1 aliphatic heterocycles. The summed E-state index contributed by atoms with van der Waals surface area (Å²) in [4.78, 5) is 39.5. The van der Waals surface area contributed by atoms with Crippen LogP contribution in [0.5, 0.6) is 0 Å². The zero-order chi connectivity index (χ0) is 26.0. The highest BCUT2D eigenvalue weighted by Gasteiger charge is 2.21. The number of aromatic nitrogens is 5. The number of carbonyl (C=O) groups excluding carboxylic acids is 1. The molecule has 0 aromatic carbocycles. The van der Waals surface area contributed by atoms with Gasteiger partial charge >= 0.3 is 0 Å². The van der Waals surface area contributed by atoms with E-state index in [-0.39, 0.29) is 12.5 Å². The third kappa shape index (κ3) is 6.93. The number of rotatable bonds is 9. The van der Waals surface area contributed by atoms with Crippen LogP contribution in [0.1, 0.15) is 24.2 Å². The minimum atomic E-state index is -0.245. The average Bonchev–Trinajstić information content (AvgIpc) is 2.94. The second-order valence-corrected chi connectivity index (χ2v) is 8.31. The molecule has 37 heavy (non-hydrogen) atoms. The standard InChI is InChI=1S/C26H31N9O2/c1-3-7-20(4-2)29-24(37)19-9-10-22(28-18-19)30-25-31-23(21-8-5-6-11-27-21)32-26(33-25)35-14-12-34(13-15-35)16-17-36/h3-11,18,36H,12-17H2,1-2H3,(H,29,37)(H,28,30,31,32,33). The number of carbonyl (C=O) groups is 1. The number of aliphatic hydroxyl groups excluding tert-OH is 1. The molecule has 0 radical (unpaired) electrons. The van der Waals surface area contributed by atoms with E-state index in [2.05, 4.69) is 45.4 Å². The van der Waals surface area contributed by atoms with Crippen LogP contribution in [0.25, 0.3) is 11.5 Å². The second-order valence-electron chi connectivity index (χ2n) is 8.31. The van der Waals surface area contributed by atoms with E-state index in [1.54, 1.807) is 18.3 Å². The zero-order valence-electron chi connectivity index (χ0n) is 21.0. The van der Waals surface area contributed by atoms with Gasteiger partial charge in [0.1, 0.15) is 11.5 Å². The predicted octanol–water partition coefficient (Wildman–Crippen LogP) is 2.40. The third-order valence-electron chi connectivity index (χ3n) is 5.77. The van der Waals surface area contributed by atoms with Crippen LogP contribution >= 0.6 is 0 Å².